The smallest absolute Gasteiger partial charge is 0.152 e. The fraction of sp³-hybridized carbons (Fsp3) is 0.182. The maximum absolute atomic E-state index is 4.56. The molecule has 0 bridgehead atoms. The number of aryl methyl sites for hydroxylation is 1. The molecule has 26 heavy (non-hydrogen) atoms. The zero-order valence-corrected chi connectivity index (χ0v) is 15.1. The van der Waals surface area contributed by atoms with Crippen LogP contribution in [-0.4, -0.2) is 21.1 Å². The van der Waals surface area contributed by atoms with Gasteiger partial charge in [-0.1, -0.05) is 60.7 Å². The number of anilines is 1. The van der Waals surface area contributed by atoms with Crippen LogP contribution in [0.5, 0.6) is 0 Å². The van der Waals surface area contributed by atoms with Gasteiger partial charge in [-0.2, -0.15) is 5.10 Å². The Morgan fingerprint density at radius 3 is 2.19 bits per heavy atom. The van der Waals surface area contributed by atoms with E-state index in [1.165, 1.54) is 11.1 Å². The first-order valence-electron chi connectivity index (χ1n) is 8.82. The summed E-state index contributed by atoms with van der Waals surface area (Å²) in [6, 6.07) is 21.2. The van der Waals surface area contributed by atoms with E-state index in [1.54, 1.807) is 6.20 Å². The van der Waals surface area contributed by atoms with Gasteiger partial charge in [0.25, 0.3) is 0 Å². The summed E-state index contributed by atoms with van der Waals surface area (Å²) in [5, 5.41) is 7.96. The Morgan fingerprint density at radius 1 is 0.962 bits per heavy atom. The molecule has 0 fully saturated rings. The van der Waals surface area contributed by atoms with Crippen molar-refractivity contribution in [2.75, 3.05) is 11.9 Å². The molecule has 0 unspecified atom stereocenters. The van der Waals surface area contributed by atoms with Gasteiger partial charge >= 0.3 is 0 Å². The Balaban J connectivity index is 1.73. The van der Waals surface area contributed by atoms with Gasteiger partial charge < -0.3 is 5.32 Å². The average Bonchev–Trinajstić information content (AvgIpc) is 3.09. The number of rotatable bonds is 5. The Kier molecular flexibility index (Phi) is 4.17. The molecular weight excluding hydrogens is 320 g/mol. The first-order chi connectivity index (χ1) is 12.7. The van der Waals surface area contributed by atoms with Gasteiger partial charge in [0.1, 0.15) is 5.52 Å². The van der Waals surface area contributed by atoms with E-state index in [1.807, 2.05) is 16.9 Å². The molecule has 0 spiro atoms. The standard InChI is InChI=1S/C22H22N4/c1-17-15-25-26-14-13-23-21(20(17)26)24-16-22(2,18-9-5-3-6-10-18)19-11-7-4-8-12-19/h3-15H,16H2,1-2H3,(H,23,24). The SMILES string of the molecule is Cc1cnn2ccnc(NCC(C)(c3ccccc3)c3ccccc3)c12. The zero-order chi connectivity index (χ0) is 18.0. The summed E-state index contributed by atoms with van der Waals surface area (Å²) in [7, 11) is 0. The first kappa shape index (κ1) is 16.3. The Hall–Kier alpha value is -3.14. The minimum absolute atomic E-state index is 0.176. The molecule has 130 valence electrons. The molecule has 0 saturated heterocycles. The lowest BCUT2D eigenvalue weighted by Crippen LogP contribution is -2.32. The fourth-order valence-electron chi connectivity index (χ4n) is 3.46. The predicted molar refractivity (Wildman–Crippen MR) is 106 cm³/mol. The van der Waals surface area contributed by atoms with E-state index in [9.17, 15) is 0 Å². The highest BCUT2D eigenvalue weighted by molar-refractivity contribution is 5.71. The molecule has 0 amide bonds. The van der Waals surface area contributed by atoms with Gasteiger partial charge in [-0.15, -0.1) is 0 Å². The molecular formula is C22H22N4. The van der Waals surface area contributed by atoms with Gasteiger partial charge in [-0.3, -0.25) is 0 Å². The van der Waals surface area contributed by atoms with Gasteiger partial charge in [0, 0.05) is 24.4 Å². The summed E-state index contributed by atoms with van der Waals surface area (Å²) in [6.45, 7) is 5.06. The van der Waals surface area contributed by atoms with Crippen LogP contribution in [0.1, 0.15) is 23.6 Å². The maximum Gasteiger partial charge on any atom is 0.152 e. The van der Waals surface area contributed by atoms with Crippen LogP contribution in [0.4, 0.5) is 5.82 Å². The van der Waals surface area contributed by atoms with Crippen molar-refractivity contribution < 1.29 is 0 Å². The van der Waals surface area contributed by atoms with E-state index in [0.717, 1.165) is 23.4 Å². The third kappa shape index (κ3) is 2.84. The van der Waals surface area contributed by atoms with Crippen LogP contribution in [0.15, 0.2) is 79.3 Å². The van der Waals surface area contributed by atoms with Crippen LogP contribution in [0.2, 0.25) is 0 Å². The van der Waals surface area contributed by atoms with Crippen LogP contribution >= 0.6 is 0 Å². The van der Waals surface area contributed by atoms with E-state index in [2.05, 4.69) is 89.9 Å². The van der Waals surface area contributed by atoms with Crippen LogP contribution in [0, 0.1) is 6.92 Å². The topological polar surface area (TPSA) is 42.2 Å². The maximum atomic E-state index is 4.56. The average molecular weight is 342 g/mol. The highest BCUT2D eigenvalue weighted by Gasteiger charge is 2.29. The lowest BCUT2D eigenvalue weighted by Gasteiger charge is -2.31. The normalized spacial score (nSPS) is 11.6. The Morgan fingerprint density at radius 2 is 1.58 bits per heavy atom. The highest BCUT2D eigenvalue weighted by atomic mass is 15.2. The summed E-state index contributed by atoms with van der Waals surface area (Å²) in [5.74, 6) is 0.862. The molecule has 2 aromatic heterocycles. The van der Waals surface area contributed by atoms with E-state index in [-0.39, 0.29) is 5.41 Å². The number of fused-ring (bicyclic) bond motifs is 1. The zero-order valence-electron chi connectivity index (χ0n) is 15.1. The largest absolute Gasteiger partial charge is 0.367 e. The molecule has 1 N–H and O–H groups in total. The van der Waals surface area contributed by atoms with Gasteiger partial charge in [-0.25, -0.2) is 9.50 Å². The molecule has 0 aliphatic carbocycles. The van der Waals surface area contributed by atoms with Gasteiger partial charge in [0.2, 0.25) is 0 Å². The van der Waals surface area contributed by atoms with Gasteiger partial charge in [0.05, 0.1) is 6.20 Å². The molecule has 0 radical (unpaired) electrons. The molecule has 4 heteroatoms. The summed E-state index contributed by atoms with van der Waals surface area (Å²) < 4.78 is 1.87. The predicted octanol–water partition coefficient (Wildman–Crippen LogP) is 4.46. The van der Waals surface area contributed by atoms with Crippen molar-refractivity contribution >= 4 is 11.3 Å². The summed E-state index contributed by atoms with van der Waals surface area (Å²) in [6.07, 6.45) is 5.53. The van der Waals surface area contributed by atoms with Crippen molar-refractivity contribution in [2.24, 2.45) is 0 Å². The summed E-state index contributed by atoms with van der Waals surface area (Å²) >= 11 is 0. The highest BCUT2D eigenvalue weighted by Crippen LogP contribution is 2.32. The minimum atomic E-state index is -0.176. The van der Waals surface area contributed by atoms with Crippen LogP contribution < -0.4 is 5.32 Å². The second-order valence-electron chi connectivity index (χ2n) is 6.81. The van der Waals surface area contributed by atoms with Crippen molar-refractivity contribution in [3.8, 4) is 0 Å². The fourth-order valence-corrected chi connectivity index (χ4v) is 3.46. The van der Waals surface area contributed by atoms with Crippen LogP contribution in [0.25, 0.3) is 5.52 Å². The van der Waals surface area contributed by atoms with Crippen molar-refractivity contribution in [1.82, 2.24) is 14.6 Å². The number of nitrogens with zero attached hydrogens (tertiary/aromatic N) is 3. The van der Waals surface area contributed by atoms with Crippen molar-refractivity contribution in [3.05, 3.63) is 95.9 Å². The molecule has 4 rings (SSSR count). The van der Waals surface area contributed by atoms with E-state index in [0.29, 0.717) is 0 Å². The Bertz CT molecular complexity index is 967. The number of nitrogens with one attached hydrogen (secondary N) is 1. The third-order valence-electron chi connectivity index (χ3n) is 5.05. The van der Waals surface area contributed by atoms with Gasteiger partial charge in [-0.05, 0) is 30.5 Å². The quantitative estimate of drug-likeness (QED) is 0.582. The lowest BCUT2D eigenvalue weighted by molar-refractivity contribution is 0.603. The second kappa shape index (κ2) is 6.64. The number of benzene rings is 2. The van der Waals surface area contributed by atoms with Gasteiger partial charge in [0.15, 0.2) is 5.82 Å². The van der Waals surface area contributed by atoms with Crippen molar-refractivity contribution in [2.45, 2.75) is 19.3 Å². The molecule has 0 saturated carbocycles. The first-order valence-corrected chi connectivity index (χ1v) is 8.82. The van der Waals surface area contributed by atoms with Crippen molar-refractivity contribution in [3.63, 3.8) is 0 Å². The summed E-state index contributed by atoms with van der Waals surface area (Å²) in [4.78, 5) is 4.56. The minimum Gasteiger partial charge on any atom is -0.367 e. The Labute approximate surface area is 153 Å². The molecule has 0 aliphatic rings. The van der Waals surface area contributed by atoms with Crippen LogP contribution in [0.3, 0.4) is 0 Å². The number of hydrogen-bond acceptors (Lipinski definition) is 3. The molecule has 0 atom stereocenters. The molecule has 4 aromatic rings. The van der Waals surface area contributed by atoms with E-state index in [4.69, 9.17) is 0 Å². The molecule has 2 heterocycles. The third-order valence-corrected chi connectivity index (χ3v) is 5.05. The molecule has 0 aliphatic heterocycles. The van der Waals surface area contributed by atoms with Crippen molar-refractivity contribution in [1.29, 1.82) is 0 Å². The number of aromatic nitrogens is 3. The van der Waals surface area contributed by atoms with Crippen LogP contribution in [-0.2, 0) is 5.41 Å². The monoisotopic (exact) mass is 342 g/mol. The number of hydrogen-bond donors (Lipinski definition) is 1. The van der Waals surface area contributed by atoms with E-state index >= 15 is 0 Å². The molecule has 2 aromatic carbocycles. The van der Waals surface area contributed by atoms with E-state index < -0.39 is 0 Å². The summed E-state index contributed by atoms with van der Waals surface area (Å²) in [5.41, 5.74) is 4.51. The molecule has 4 nitrogen and oxygen atoms in total. The lowest BCUT2D eigenvalue weighted by atomic mass is 9.76. The second-order valence-corrected chi connectivity index (χ2v) is 6.81.